The fourth-order valence-electron chi connectivity index (χ4n) is 2.09. The lowest BCUT2D eigenvalue weighted by Crippen LogP contribution is -2.03. The summed E-state index contributed by atoms with van der Waals surface area (Å²) in [5.41, 5.74) is 0.612. The topological polar surface area (TPSA) is 36.7 Å². The molecule has 0 saturated carbocycles. The van der Waals surface area contributed by atoms with Crippen molar-refractivity contribution in [2.45, 2.75) is 6.18 Å². The van der Waals surface area contributed by atoms with Crippen LogP contribution in [0.2, 0.25) is 0 Å². The van der Waals surface area contributed by atoms with Gasteiger partial charge in [-0.2, -0.15) is 18.4 Å². The summed E-state index contributed by atoms with van der Waals surface area (Å²) < 4.78 is 39.8. The smallest absolute Gasteiger partial charge is 0.235 e. The lowest BCUT2D eigenvalue weighted by Gasteiger charge is -2.04. The molecule has 0 saturated heterocycles. The first-order valence-corrected chi connectivity index (χ1v) is 8.33. The van der Waals surface area contributed by atoms with Crippen LogP contribution in [-0.2, 0) is 6.18 Å². The molecule has 0 atom stereocenters. The van der Waals surface area contributed by atoms with Crippen molar-refractivity contribution < 1.29 is 13.2 Å². The van der Waals surface area contributed by atoms with E-state index in [0.717, 1.165) is 22.2 Å². The van der Waals surface area contributed by atoms with E-state index in [-0.39, 0.29) is 5.52 Å². The fraction of sp³-hybridized carbons (Fsp3) is 0.0588. The minimum atomic E-state index is -4.41. The first-order valence-electron chi connectivity index (χ1n) is 6.72. The van der Waals surface area contributed by atoms with E-state index in [4.69, 9.17) is 0 Å². The lowest BCUT2D eigenvalue weighted by atomic mass is 10.1. The van der Waals surface area contributed by atoms with Gasteiger partial charge in [0.2, 0.25) is 0 Å². The normalized spacial score (nSPS) is 12.4. The molecule has 0 aliphatic heterocycles. The van der Waals surface area contributed by atoms with Gasteiger partial charge in [-0.1, -0.05) is 28.1 Å². The quantitative estimate of drug-likeness (QED) is 0.477. The zero-order valence-corrected chi connectivity index (χ0v) is 14.3. The maximum atomic E-state index is 12.8. The molecule has 1 aromatic heterocycles. The van der Waals surface area contributed by atoms with Crippen molar-refractivity contribution in [2.75, 3.05) is 0 Å². The van der Waals surface area contributed by atoms with Crippen molar-refractivity contribution in [3.05, 3.63) is 63.1 Å². The summed E-state index contributed by atoms with van der Waals surface area (Å²) in [6, 6.07) is 12.8. The molecule has 2 aromatic carbocycles. The van der Waals surface area contributed by atoms with Gasteiger partial charge in [-0.3, -0.25) is 0 Å². The van der Waals surface area contributed by atoms with Crippen LogP contribution >= 0.6 is 27.3 Å². The number of benzene rings is 2. The molecule has 0 aliphatic carbocycles. The van der Waals surface area contributed by atoms with Gasteiger partial charge in [-0.05, 0) is 42.0 Å². The predicted molar refractivity (Wildman–Crippen MR) is 92.2 cm³/mol. The Labute approximate surface area is 148 Å². The molecule has 3 rings (SSSR count). The van der Waals surface area contributed by atoms with E-state index in [9.17, 15) is 18.4 Å². The Hall–Kier alpha value is -2.17. The summed E-state index contributed by atoms with van der Waals surface area (Å²) in [6.45, 7) is 0. The Balaban J connectivity index is 2.04. The Morgan fingerprint density at radius 1 is 1.17 bits per heavy atom. The Morgan fingerprint density at radius 2 is 1.88 bits per heavy atom. The number of hydrogen-bond donors (Lipinski definition) is 0. The van der Waals surface area contributed by atoms with Crippen molar-refractivity contribution in [3.8, 4) is 6.07 Å². The molecule has 0 aliphatic rings. The number of fused-ring (bicyclic) bond motifs is 1. The maximum Gasteiger partial charge on any atom is 0.416 e. The highest BCUT2D eigenvalue weighted by Crippen LogP contribution is 2.34. The van der Waals surface area contributed by atoms with Gasteiger partial charge in [-0.25, -0.2) is 4.98 Å². The number of allylic oxidation sites excluding steroid dienone is 1. The lowest BCUT2D eigenvalue weighted by molar-refractivity contribution is -0.137. The zero-order valence-electron chi connectivity index (χ0n) is 11.9. The number of thiazole rings is 1. The third-order valence-electron chi connectivity index (χ3n) is 3.25. The average molecular weight is 409 g/mol. The van der Waals surface area contributed by atoms with E-state index in [1.54, 1.807) is 6.08 Å². The Kier molecular flexibility index (Phi) is 4.43. The number of halogens is 4. The number of alkyl halides is 3. The molecule has 120 valence electrons. The summed E-state index contributed by atoms with van der Waals surface area (Å²) in [5, 5.41) is 9.76. The molecule has 0 fully saturated rings. The fourth-order valence-corrected chi connectivity index (χ4v) is 3.26. The largest absolute Gasteiger partial charge is 0.416 e. The monoisotopic (exact) mass is 408 g/mol. The van der Waals surface area contributed by atoms with Crippen molar-refractivity contribution >= 4 is 49.1 Å². The molecule has 24 heavy (non-hydrogen) atoms. The maximum absolute atomic E-state index is 12.8. The molecule has 0 bridgehead atoms. The van der Waals surface area contributed by atoms with Crippen LogP contribution in [0.3, 0.4) is 0 Å². The van der Waals surface area contributed by atoms with Gasteiger partial charge in [0.25, 0.3) is 0 Å². The molecular formula is C17H8BrF3N2S. The van der Waals surface area contributed by atoms with Crippen LogP contribution in [0.5, 0.6) is 0 Å². The van der Waals surface area contributed by atoms with Gasteiger partial charge in [-0.15, -0.1) is 11.3 Å². The van der Waals surface area contributed by atoms with Crippen molar-refractivity contribution in [3.63, 3.8) is 0 Å². The highest BCUT2D eigenvalue weighted by molar-refractivity contribution is 9.10. The zero-order chi connectivity index (χ0) is 17.3. The highest BCUT2D eigenvalue weighted by atomic mass is 79.9. The van der Waals surface area contributed by atoms with Gasteiger partial charge in [0.1, 0.15) is 11.1 Å². The third kappa shape index (κ3) is 3.50. The number of rotatable bonds is 2. The summed E-state index contributed by atoms with van der Waals surface area (Å²) >= 11 is 4.52. The second-order valence-electron chi connectivity index (χ2n) is 4.92. The van der Waals surface area contributed by atoms with Crippen LogP contribution in [-0.4, -0.2) is 4.98 Å². The Morgan fingerprint density at radius 3 is 2.50 bits per heavy atom. The van der Waals surface area contributed by atoms with Gasteiger partial charge < -0.3 is 0 Å². The second kappa shape index (κ2) is 6.38. The molecule has 3 aromatic rings. The van der Waals surface area contributed by atoms with Crippen molar-refractivity contribution in [1.82, 2.24) is 4.98 Å². The van der Waals surface area contributed by atoms with Gasteiger partial charge >= 0.3 is 6.18 Å². The van der Waals surface area contributed by atoms with E-state index in [1.165, 1.54) is 17.4 Å². The molecule has 2 nitrogen and oxygen atoms in total. The van der Waals surface area contributed by atoms with Crippen LogP contribution in [0.25, 0.3) is 21.9 Å². The van der Waals surface area contributed by atoms with Crippen LogP contribution in [0, 0.1) is 11.3 Å². The minimum absolute atomic E-state index is 0.238. The SMILES string of the molecule is N#CC(=Cc1ccc(Br)cc1)c1nc2cc(C(F)(F)F)ccc2s1. The van der Waals surface area contributed by atoms with Crippen LogP contribution in [0.4, 0.5) is 13.2 Å². The first-order chi connectivity index (χ1) is 11.4. The molecule has 7 heteroatoms. The number of nitrogens with zero attached hydrogens (tertiary/aromatic N) is 2. The van der Waals surface area contributed by atoms with E-state index in [2.05, 4.69) is 27.0 Å². The van der Waals surface area contributed by atoms with E-state index in [1.807, 2.05) is 24.3 Å². The summed E-state index contributed by atoms with van der Waals surface area (Å²) in [7, 11) is 0. The van der Waals surface area contributed by atoms with Crippen LogP contribution in [0.15, 0.2) is 46.9 Å². The van der Waals surface area contributed by atoms with Crippen molar-refractivity contribution in [2.24, 2.45) is 0 Å². The molecule has 1 heterocycles. The number of nitriles is 1. The Bertz CT molecular complexity index is 966. The molecule has 0 unspecified atom stereocenters. The van der Waals surface area contributed by atoms with E-state index in [0.29, 0.717) is 15.3 Å². The predicted octanol–water partition coefficient (Wildman–Crippen LogP) is 6.14. The molecule has 0 amide bonds. The number of hydrogen-bond acceptors (Lipinski definition) is 3. The standard InChI is InChI=1S/C17H8BrF3N2S/c18-13-4-1-10(2-5-13)7-11(9-22)16-23-14-8-12(17(19,20)21)3-6-15(14)24-16/h1-8H. The van der Waals surface area contributed by atoms with E-state index >= 15 is 0 Å². The molecule has 0 spiro atoms. The third-order valence-corrected chi connectivity index (χ3v) is 4.85. The average Bonchev–Trinajstić information content (AvgIpc) is 2.96. The van der Waals surface area contributed by atoms with Gasteiger partial charge in [0.05, 0.1) is 21.4 Å². The minimum Gasteiger partial charge on any atom is -0.235 e. The van der Waals surface area contributed by atoms with E-state index < -0.39 is 11.7 Å². The number of aromatic nitrogens is 1. The van der Waals surface area contributed by atoms with Gasteiger partial charge in [0, 0.05) is 4.47 Å². The summed E-state index contributed by atoms with van der Waals surface area (Å²) in [5.74, 6) is 0. The van der Waals surface area contributed by atoms with Crippen molar-refractivity contribution in [1.29, 1.82) is 5.26 Å². The molecular weight excluding hydrogens is 401 g/mol. The van der Waals surface area contributed by atoms with Gasteiger partial charge in [0.15, 0.2) is 0 Å². The summed E-state index contributed by atoms with van der Waals surface area (Å²) in [4.78, 5) is 4.19. The molecule has 0 N–H and O–H groups in total. The second-order valence-corrected chi connectivity index (χ2v) is 6.87. The van der Waals surface area contributed by atoms with Crippen LogP contribution < -0.4 is 0 Å². The molecule has 0 radical (unpaired) electrons. The summed E-state index contributed by atoms with van der Waals surface area (Å²) in [6.07, 6.45) is -2.75. The van der Waals surface area contributed by atoms with Crippen LogP contribution in [0.1, 0.15) is 16.1 Å². The first kappa shape index (κ1) is 16.7. The highest BCUT2D eigenvalue weighted by Gasteiger charge is 2.30.